The number of aromatic nitrogens is 2. The highest BCUT2D eigenvalue weighted by molar-refractivity contribution is 5.73. The molecule has 1 aromatic heterocycles. The molecule has 1 amide bonds. The maximum atomic E-state index is 12.2. The first-order valence-corrected chi connectivity index (χ1v) is 9.21. The van der Waals surface area contributed by atoms with Crippen LogP contribution in [0.2, 0.25) is 0 Å². The number of hydrogen-bond acceptors (Lipinski definition) is 5. The molecule has 6 nitrogen and oxygen atoms in total. The lowest BCUT2D eigenvalue weighted by Crippen LogP contribution is -2.42. The summed E-state index contributed by atoms with van der Waals surface area (Å²) in [5, 5.41) is 4.08. The molecule has 1 saturated heterocycles. The molecule has 24 heavy (non-hydrogen) atoms. The van der Waals surface area contributed by atoms with Crippen molar-refractivity contribution in [2.45, 2.75) is 70.0 Å². The second kappa shape index (κ2) is 6.67. The van der Waals surface area contributed by atoms with Crippen molar-refractivity contribution < 1.29 is 9.32 Å². The van der Waals surface area contributed by atoms with Gasteiger partial charge < -0.3 is 9.42 Å². The van der Waals surface area contributed by atoms with E-state index < -0.39 is 0 Å². The number of carbonyl (C=O) groups excluding carboxylic acids is 1. The van der Waals surface area contributed by atoms with Crippen LogP contribution in [-0.2, 0) is 11.3 Å². The van der Waals surface area contributed by atoms with Crippen LogP contribution in [-0.4, -0.2) is 51.0 Å². The van der Waals surface area contributed by atoms with Crippen LogP contribution < -0.4 is 0 Å². The number of likely N-dealkylation sites (tertiary alicyclic amines) is 1. The molecule has 130 valence electrons. The summed E-state index contributed by atoms with van der Waals surface area (Å²) in [5.41, 5.74) is 0. The summed E-state index contributed by atoms with van der Waals surface area (Å²) < 4.78 is 5.33. The molecule has 6 heteroatoms. The van der Waals surface area contributed by atoms with Crippen molar-refractivity contribution in [2.24, 2.45) is 0 Å². The van der Waals surface area contributed by atoms with E-state index in [2.05, 4.69) is 27.2 Å². The van der Waals surface area contributed by atoms with E-state index in [1.54, 1.807) is 6.92 Å². The van der Waals surface area contributed by atoms with E-state index in [9.17, 15) is 4.79 Å². The lowest BCUT2D eigenvalue weighted by atomic mass is 10.0. The molecular formula is C18H26N4O2. The Kier molecular flexibility index (Phi) is 4.39. The molecule has 0 spiro atoms. The van der Waals surface area contributed by atoms with Crippen LogP contribution in [0.5, 0.6) is 0 Å². The van der Waals surface area contributed by atoms with Crippen molar-refractivity contribution in [3.63, 3.8) is 0 Å². The van der Waals surface area contributed by atoms with Gasteiger partial charge in [-0.05, 0) is 38.5 Å². The first-order valence-electron chi connectivity index (χ1n) is 9.21. The van der Waals surface area contributed by atoms with Gasteiger partial charge in [-0.2, -0.15) is 4.98 Å². The summed E-state index contributed by atoms with van der Waals surface area (Å²) in [6.07, 6.45) is 11.7. The van der Waals surface area contributed by atoms with Crippen molar-refractivity contribution in [1.82, 2.24) is 19.9 Å². The van der Waals surface area contributed by atoms with Gasteiger partial charge >= 0.3 is 0 Å². The zero-order valence-corrected chi connectivity index (χ0v) is 14.4. The summed E-state index contributed by atoms with van der Waals surface area (Å²) >= 11 is 0. The summed E-state index contributed by atoms with van der Waals surface area (Å²) in [6, 6.07) is 0.796. The zero-order chi connectivity index (χ0) is 16.5. The number of allylic oxidation sites excluding steroid dienone is 1. The second-order valence-corrected chi connectivity index (χ2v) is 7.33. The Morgan fingerprint density at radius 3 is 2.96 bits per heavy atom. The van der Waals surface area contributed by atoms with E-state index in [0.717, 1.165) is 38.2 Å². The Morgan fingerprint density at radius 1 is 1.38 bits per heavy atom. The van der Waals surface area contributed by atoms with E-state index in [4.69, 9.17) is 4.52 Å². The van der Waals surface area contributed by atoms with Gasteiger partial charge in [0.2, 0.25) is 11.8 Å². The van der Waals surface area contributed by atoms with Gasteiger partial charge in [0.25, 0.3) is 0 Å². The fraction of sp³-hybridized carbons (Fsp3) is 0.722. The molecule has 1 saturated carbocycles. The van der Waals surface area contributed by atoms with Gasteiger partial charge in [-0.15, -0.1) is 0 Å². The largest absolute Gasteiger partial charge is 0.339 e. The van der Waals surface area contributed by atoms with Gasteiger partial charge in [0.05, 0.1) is 6.54 Å². The highest BCUT2D eigenvalue weighted by Crippen LogP contribution is 2.38. The molecule has 1 aromatic rings. The van der Waals surface area contributed by atoms with E-state index in [1.807, 2.05) is 4.90 Å². The quantitative estimate of drug-likeness (QED) is 0.776. The summed E-state index contributed by atoms with van der Waals surface area (Å²) in [7, 11) is 0. The molecule has 1 aliphatic heterocycles. The van der Waals surface area contributed by atoms with Crippen molar-refractivity contribution in [3.05, 3.63) is 23.9 Å². The first kappa shape index (κ1) is 15.8. The average Bonchev–Trinajstić information content (AvgIpc) is 3.15. The van der Waals surface area contributed by atoms with E-state index in [-0.39, 0.29) is 11.9 Å². The van der Waals surface area contributed by atoms with Crippen LogP contribution >= 0.6 is 0 Å². The third kappa shape index (κ3) is 3.38. The van der Waals surface area contributed by atoms with Crippen LogP contribution in [0.15, 0.2) is 16.7 Å². The van der Waals surface area contributed by atoms with Gasteiger partial charge in [0, 0.05) is 38.0 Å². The normalized spacial score (nSPS) is 27.5. The molecule has 2 fully saturated rings. The fourth-order valence-corrected chi connectivity index (χ4v) is 3.90. The summed E-state index contributed by atoms with van der Waals surface area (Å²) in [4.78, 5) is 21.1. The van der Waals surface area contributed by atoms with Crippen molar-refractivity contribution in [1.29, 1.82) is 0 Å². The van der Waals surface area contributed by atoms with Gasteiger partial charge in [0.1, 0.15) is 0 Å². The number of rotatable bonds is 5. The topological polar surface area (TPSA) is 62.5 Å². The standard InChI is InChI=1S/C18H26N4O2/c1-13(23)22(12-17-19-18(24-20-17)14-7-8-14)16-9-10-21(11-16)15-5-3-2-4-6-15/h3,5,14-16H,2,4,6-12H2,1H3/t15-,16-/m1/s1. The zero-order valence-electron chi connectivity index (χ0n) is 14.4. The highest BCUT2D eigenvalue weighted by atomic mass is 16.5. The van der Waals surface area contributed by atoms with Gasteiger partial charge in [0.15, 0.2) is 5.82 Å². The van der Waals surface area contributed by atoms with E-state index in [0.29, 0.717) is 24.3 Å². The predicted octanol–water partition coefficient (Wildman–Crippen LogP) is 2.48. The third-order valence-electron chi connectivity index (χ3n) is 5.46. The Labute approximate surface area is 142 Å². The number of amides is 1. The van der Waals surface area contributed by atoms with Crippen LogP contribution in [0, 0.1) is 0 Å². The fourth-order valence-electron chi connectivity index (χ4n) is 3.90. The predicted molar refractivity (Wildman–Crippen MR) is 89.3 cm³/mol. The average molecular weight is 330 g/mol. The van der Waals surface area contributed by atoms with Gasteiger partial charge in [-0.25, -0.2) is 0 Å². The Morgan fingerprint density at radius 2 is 2.25 bits per heavy atom. The monoisotopic (exact) mass is 330 g/mol. The maximum absolute atomic E-state index is 12.2. The number of carbonyl (C=O) groups is 1. The molecule has 0 radical (unpaired) electrons. The van der Waals surface area contributed by atoms with Crippen LogP contribution in [0.1, 0.15) is 63.1 Å². The molecule has 2 aliphatic carbocycles. The number of hydrogen-bond donors (Lipinski definition) is 0. The number of nitrogens with zero attached hydrogens (tertiary/aromatic N) is 4. The maximum Gasteiger partial charge on any atom is 0.229 e. The van der Waals surface area contributed by atoms with Crippen LogP contribution in [0.4, 0.5) is 0 Å². The lowest BCUT2D eigenvalue weighted by Gasteiger charge is -2.30. The SMILES string of the molecule is CC(=O)N(Cc1noc(C2CC2)n1)[C@@H]1CCN([C@@H]2C=CCCC2)C1. The van der Waals surface area contributed by atoms with Crippen molar-refractivity contribution in [3.8, 4) is 0 Å². The van der Waals surface area contributed by atoms with Gasteiger partial charge in [-0.1, -0.05) is 17.3 Å². The molecule has 0 bridgehead atoms. The second-order valence-electron chi connectivity index (χ2n) is 7.33. The molecule has 0 N–H and O–H groups in total. The smallest absolute Gasteiger partial charge is 0.229 e. The Bertz CT molecular complexity index is 622. The molecule has 4 rings (SSSR count). The van der Waals surface area contributed by atoms with Crippen molar-refractivity contribution >= 4 is 5.91 Å². The van der Waals surface area contributed by atoms with Crippen LogP contribution in [0.3, 0.4) is 0 Å². The minimum atomic E-state index is 0.0961. The Balaban J connectivity index is 1.40. The van der Waals surface area contributed by atoms with Crippen LogP contribution in [0.25, 0.3) is 0 Å². The van der Waals surface area contributed by atoms with E-state index in [1.165, 1.54) is 19.3 Å². The third-order valence-corrected chi connectivity index (χ3v) is 5.46. The summed E-state index contributed by atoms with van der Waals surface area (Å²) in [6.45, 7) is 4.11. The minimum Gasteiger partial charge on any atom is -0.339 e. The Hall–Kier alpha value is -1.69. The molecule has 2 heterocycles. The molecule has 3 aliphatic rings. The summed E-state index contributed by atoms with van der Waals surface area (Å²) in [5.74, 6) is 1.94. The molecule has 0 unspecified atom stereocenters. The van der Waals surface area contributed by atoms with Crippen molar-refractivity contribution in [2.75, 3.05) is 13.1 Å². The molecule has 2 atom stereocenters. The van der Waals surface area contributed by atoms with Gasteiger partial charge in [-0.3, -0.25) is 9.69 Å². The molecule has 0 aromatic carbocycles. The molecular weight excluding hydrogens is 304 g/mol. The highest BCUT2D eigenvalue weighted by Gasteiger charge is 2.34. The first-order chi connectivity index (χ1) is 11.7. The minimum absolute atomic E-state index is 0.0961. The lowest BCUT2D eigenvalue weighted by molar-refractivity contribution is -0.131. The van der Waals surface area contributed by atoms with E-state index >= 15 is 0 Å².